The zero-order valence-corrected chi connectivity index (χ0v) is 15.6. The summed E-state index contributed by atoms with van der Waals surface area (Å²) >= 11 is 7.65. The molecule has 1 amide bonds. The van der Waals surface area contributed by atoms with E-state index in [1.54, 1.807) is 24.4 Å². The number of pyridine rings is 1. The third kappa shape index (κ3) is 3.18. The number of anilines is 1. The first-order chi connectivity index (χ1) is 12.5. The van der Waals surface area contributed by atoms with Gasteiger partial charge in [0.1, 0.15) is 5.82 Å². The molecule has 4 aromatic rings. The molecule has 3 aromatic heterocycles. The molecule has 0 bridgehead atoms. The molecule has 0 aliphatic rings. The molecule has 2 N–H and O–H groups in total. The van der Waals surface area contributed by atoms with Crippen LogP contribution in [0.3, 0.4) is 0 Å². The number of fused-ring (bicyclic) bond motifs is 1. The Morgan fingerprint density at radius 2 is 2.08 bits per heavy atom. The van der Waals surface area contributed by atoms with Crippen LogP contribution in [-0.2, 0) is 0 Å². The number of amides is 1. The minimum Gasteiger partial charge on any atom is -0.337 e. The molecule has 26 heavy (non-hydrogen) atoms. The quantitative estimate of drug-likeness (QED) is 0.541. The Labute approximate surface area is 158 Å². The molecule has 0 aliphatic carbocycles. The zero-order valence-electron chi connectivity index (χ0n) is 14.0. The number of benzene rings is 1. The van der Waals surface area contributed by atoms with E-state index in [9.17, 15) is 4.79 Å². The molecule has 3 heterocycles. The summed E-state index contributed by atoms with van der Waals surface area (Å²) in [5.41, 5.74) is 4.63. The summed E-state index contributed by atoms with van der Waals surface area (Å²) in [6.45, 7) is 3.82. The molecule has 130 valence electrons. The second kappa shape index (κ2) is 6.51. The van der Waals surface area contributed by atoms with Gasteiger partial charge in [0.25, 0.3) is 5.91 Å². The van der Waals surface area contributed by atoms with E-state index in [1.807, 2.05) is 25.3 Å². The second-order valence-electron chi connectivity index (χ2n) is 5.91. The number of H-pyrrole nitrogens is 1. The Bertz CT molecular complexity index is 1130. The Kier molecular flexibility index (Phi) is 4.18. The van der Waals surface area contributed by atoms with Crippen molar-refractivity contribution < 1.29 is 4.79 Å². The van der Waals surface area contributed by atoms with Crippen LogP contribution in [0.2, 0.25) is 5.02 Å². The standard InChI is InChI=1S/C18H14ClN5OS/c1-9-5-14-16(20-7-9)24-15(23-14)12-6-11(3-4-13(12)19)22-17(25)18-21-10(2)8-26-18/h3-8H,1-2H3,(H,22,25)(H,20,23,24). The fourth-order valence-corrected chi connectivity index (χ4v) is 3.46. The van der Waals surface area contributed by atoms with Crippen LogP contribution < -0.4 is 5.32 Å². The minimum atomic E-state index is -0.252. The number of thiazole rings is 1. The Morgan fingerprint density at radius 3 is 2.85 bits per heavy atom. The van der Waals surface area contributed by atoms with Crippen LogP contribution in [0.25, 0.3) is 22.6 Å². The largest absolute Gasteiger partial charge is 0.337 e. The predicted octanol–water partition coefficient (Wildman–Crippen LogP) is 4.60. The molecule has 0 radical (unpaired) electrons. The van der Waals surface area contributed by atoms with Crippen LogP contribution in [-0.4, -0.2) is 25.8 Å². The van der Waals surface area contributed by atoms with Crippen molar-refractivity contribution >= 4 is 45.7 Å². The molecule has 0 saturated carbocycles. The van der Waals surface area contributed by atoms with E-state index in [1.165, 1.54) is 11.3 Å². The molecule has 0 saturated heterocycles. The third-order valence-corrected chi connectivity index (χ3v) is 5.06. The first-order valence-electron chi connectivity index (χ1n) is 7.85. The highest BCUT2D eigenvalue weighted by Gasteiger charge is 2.14. The van der Waals surface area contributed by atoms with Gasteiger partial charge in [-0.2, -0.15) is 0 Å². The molecule has 4 rings (SSSR count). The molecule has 0 atom stereocenters. The van der Waals surface area contributed by atoms with Gasteiger partial charge in [-0.3, -0.25) is 4.79 Å². The van der Waals surface area contributed by atoms with E-state index in [0.717, 1.165) is 16.8 Å². The van der Waals surface area contributed by atoms with Crippen molar-refractivity contribution in [2.45, 2.75) is 13.8 Å². The van der Waals surface area contributed by atoms with Gasteiger partial charge in [0.05, 0.1) is 10.5 Å². The Hall–Kier alpha value is -2.77. The normalized spacial score (nSPS) is 11.0. The average Bonchev–Trinajstić information content (AvgIpc) is 3.22. The molecule has 6 nitrogen and oxygen atoms in total. The van der Waals surface area contributed by atoms with Crippen molar-refractivity contribution in [3.63, 3.8) is 0 Å². The van der Waals surface area contributed by atoms with Crippen LogP contribution in [0.1, 0.15) is 21.1 Å². The van der Waals surface area contributed by atoms with Crippen LogP contribution >= 0.6 is 22.9 Å². The minimum absolute atomic E-state index is 0.252. The van der Waals surface area contributed by atoms with Crippen LogP contribution in [0.5, 0.6) is 0 Å². The van der Waals surface area contributed by atoms with Crippen molar-refractivity contribution in [3.8, 4) is 11.4 Å². The lowest BCUT2D eigenvalue weighted by molar-refractivity contribution is 0.102. The molecular formula is C18H14ClN5OS. The third-order valence-electron chi connectivity index (χ3n) is 3.77. The maximum absolute atomic E-state index is 12.3. The van der Waals surface area contributed by atoms with E-state index < -0.39 is 0 Å². The number of aromatic nitrogens is 4. The van der Waals surface area contributed by atoms with Gasteiger partial charge in [-0.25, -0.2) is 15.0 Å². The number of hydrogen-bond acceptors (Lipinski definition) is 5. The topological polar surface area (TPSA) is 83.6 Å². The summed E-state index contributed by atoms with van der Waals surface area (Å²) in [7, 11) is 0. The van der Waals surface area contributed by atoms with Gasteiger partial charge < -0.3 is 10.3 Å². The van der Waals surface area contributed by atoms with Gasteiger partial charge in [-0.05, 0) is 43.7 Å². The second-order valence-corrected chi connectivity index (χ2v) is 7.18. The van der Waals surface area contributed by atoms with E-state index in [-0.39, 0.29) is 5.91 Å². The number of carbonyl (C=O) groups excluding carboxylic acids is 1. The van der Waals surface area contributed by atoms with Crippen LogP contribution in [0.15, 0.2) is 35.8 Å². The summed E-state index contributed by atoms with van der Waals surface area (Å²) in [5.74, 6) is 0.350. The molecule has 0 spiro atoms. The summed E-state index contributed by atoms with van der Waals surface area (Å²) in [6, 6.07) is 7.23. The molecule has 0 fully saturated rings. The van der Waals surface area contributed by atoms with Crippen molar-refractivity contribution in [3.05, 3.63) is 57.1 Å². The number of carbonyl (C=O) groups is 1. The number of nitrogens with one attached hydrogen (secondary N) is 2. The van der Waals surface area contributed by atoms with Crippen molar-refractivity contribution in [1.82, 2.24) is 19.9 Å². The highest BCUT2D eigenvalue weighted by molar-refractivity contribution is 7.11. The summed E-state index contributed by atoms with van der Waals surface area (Å²) in [5, 5.41) is 5.63. The SMILES string of the molecule is Cc1cnc2nc(-c3cc(NC(=O)c4nc(C)cs4)ccc3Cl)[nH]c2c1. The number of rotatable bonds is 3. The zero-order chi connectivity index (χ0) is 18.3. The monoisotopic (exact) mass is 383 g/mol. The van der Waals surface area contributed by atoms with E-state index in [4.69, 9.17) is 11.6 Å². The number of imidazole rings is 1. The number of halogens is 1. The smallest absolute Gasteiger partial charge is 0.284 e. The predicted molar refractivity (Wildman–Crippen MR) is 104 cm³/mol. The Balaban J connectivity index is 1.68. The van der Waals surface area contributed by atoms with Gasteiger partial charge in [0.2, 0.25) is 0 Å². The summed E-state index contributed by atoms with van der Waals surface area (Å²) < 4.78 is 0. The van der Waals surface area contributed by atoms with E-state index in [2.05, 4.69) is 25.3 Å². The fourth-order valence-electron chi connectivity index (χ4n) is 2.56. The van der Waals surface area contributed by atoms with Gasteiger partial charge in [0.15, 0.2) is 10.7 Å². The van der Waals surface area contributed by atoms with Gasteiger partial charge >= 0.3 is 0 Å². The van der Waals surface area contributed by atoms with Crippen LogP contribution in [0, 0.1) is 13.8 Å². The molecule has 0 aliphatic heterocycles. The Morgan fingerprint density at radius 1 is 1.23 bits per heavy atom. The lowest BCUT2D eigenvalue weighted by Gasteiger charge is -2.07. The van der Waals surface area contributed by atoms with Crippen LogP contribution in [0.4, 0.5) is 5.69 Å². The first kappa shape index (κ1) is 16.7. The highest BCUT2D eigenvalue weighted by Crippen LogP contribution is 2.30. The van der Waals surface area contributed by atoms with Crippen molar-refractivity contribution in [1.29, 1.82) is 0 Å². The molecule has 1 aromatic carbocycles. The van der Waals surface area contributed by atoms with Gasteiger partial charge in [0, 0.05) is 28.5 Å². The first-order valence-corrected chi connectivity index (χ1v) is 9.11. The van der Waals surface area contributed by atoms with E-state index in [0.29, 0.717) is 32.8 Å². The fraction of sp³-hybridized carbons (Fsp3) is 0.111. The van der Waals surface area contributed by atoms with E-state index >= 15 is 0 Å². The summed E-state index contributed by atoms with van der Waals surface area (Å²) in [4.78, 5) is 28.5. The number of hydrogen-bond donors (Lipinski definition) is 2. The number of aromatic amines is 1. The molecular weight excluding hydrogens is 370 g/mol. The number of nitrogens with zero attached hydrogens (tertiary/aromatic N) is 3. The van der Waals surface area contributed by atoms with Gasteiger partial charge in [-0.1, -0.05) is 11.6 Å². The molecule has 0 unspecified atom stereocenters. The van der Waals surface area contributed by atoms with Gasteiger partial charge in [-0.15, -0.1) is 11.3 Å². The lowest BCUT2D eigenvalue weighted by atomic mass is 10.2. The maximum Gasteiger partial charge on any atom is 0.284 e. The van der Waals surface area contributed by atoms with Crippen molar-refractivity contribution in [2.24, 2.45) is 0 Å². The highest BCUT2D eigenvalue weighted by atomic mass is 35.5. The average molecular weight is 384 g/mol. The van der Waals surface area contributed by atoms with Crippen molar-refractivity contribution in [2.75, 3.05) is 5.32 Å². The maximum atomic E-state index is 12.3. The summed E-state index contributed by atoms with van der Waals surface area (Å²) in [6.07, 6.45) is 1.77. The molecule has 8 heteroatoms. The number of aryl methyl sites for hydroxylation is 2. The lowest BCUT2D eigenvalue weighted by Crippen LogP contribution is -2.11.